The Morgan fingerprint density at radius 1 is 1.53 bits per heavy atom. The van der Waals surface area contributed by atoms with Crippen LogP contribution >= 0.6 is 11.6 Å². The van der Waals surface area contributed by atoms with Gasteiger partial charge in [-0.1, -0.05) is 29.8 Å². The van der Waals surface area contributed by atoms with Crippen molar-refractivity contribution in [3.8, 4) is 0 Å². The normalized spacial score (nSPS) is 12.7. The second-order valence-corrected chi connectivity index (χ2v) is 3.67. The van der Waals surface area contributed by atoms with Crippen LogP contribution in [0.15, 0.2) is 30.3 Å². The van der Waals surface area contributed by atoms with Crippen LogP contribution in [0.5, 0.6) is 0 Å². The Labute approximate surface area is 94.5 Å². The zero-order valence-electron chi connectivity index (χ0n) is 8.74. The van der Waals surface area contributed by atoms with Crippen molar-refractivity contribution in [1.29, 1.82) is 0 Å². The van der Waals surface area contributed by atoms with E-state index in [0.29, 0.717) is 5.02 Å². The van der Waals surface area contributed by atoms with E-state index in [9.17, 15) is 4.79 Å². The molecule has 2 nitrogen and oxygen atoms in total. The summed E-state index contributed by atoms with van der Waals surface area (Å²) in [6.45, 7) is 3.20. The van der Waals surface area contributed by atoms with Crippen LogP contribution in [0.4, 0.5) is 0 Å². The minimum atomic E-state index is -0.279. The van der Waals surface area contributed by atoms with Gasteiger partial charge in [-0.2, -0.15) is 0 Å². The van der Waals surface area contributed by atoms with E-state index in [1.807, 2.05) is 43.3 Å². The Morgan fingerprint density at radius 2 is 2.27 bits per heavy atom. The number of carbonyl (C=O) groups is 1. The van der Waals surface area contributed by atoms with Gasteiger partial charge in [0.05, 0.1) is 0 Å². The number of benzene rings is 1. The van der Waals surface area contributed by atoms with E-state index in [0.717, 1.165) is 5.56 Å². The fourth-order valence-electron chi connectivity index (χ4n) is 1.16. The van der Waals surface area contributed by atoms with Crippen LogP contribution in [0.25, 0.3) is 6.08 Å². The van der Waals surface area contributed by atoms with E-state index >= 15 is 0 Å². The summed E-state index contributed by atoms with van der Waals surface area (Å²) in [5.41, 5.74) is 0.988. The number of ether oxygens (including phenoxy) is 1. The van der Waals surface area contributed by atoms with E-state index in [1.54, 1.807) is 0 Å². The molecular formula is C12H13ClO2. The molecule has 15 heavy (non-hydrogen) atoms. The largest absolute Gasteiger partial charge is 0.459 e. The highest BCUT2D eigenvalue weighted by Crippen LogP contribution is 2.12. The second-order valence-electron chi connectivity index (χ2n) is 3.23. The summed E-state index contributed by atoms with van der Waals surface area (Å²) in [5, 5.41) is 0.692. The maximum Gasteiger partial charge on any atom is 0.303 e. The molecule has 1 aromatic carbocycles. The fraction of sp³-hybridized carbons (Fsp3) is 0.250. The number of hydrogen-bond donors (Lipinski definition) is 0. The summed E-state index contributed by atoms with van der Waals surface area (Å²) in [5.74, 6) is -0.279. The lowest BCUT2D eigenvalue weighted by atomic mass is 10.2. The molecule has 1 aromatic rings. The summed E-state index contributed by atoms with van der Waals surface area (Å²) >= 11 is 5.83. The fourth-order valence-corrected chi connectivity index (χ4v) is 1.36. The number of halogens is 1. The molecule has 0 radical (unpaired) electrons. The first-order valence-corrected chi connectivity index (χ1v) is 5.06. The first-order chi connectivity index (χ1) is 7.08. The SMILES string of the molecule is CC(=O)OC(C)/C=C/c1cccc(Cl)c1. The molecule has 1 atom stereocenters. The van der Waals surface area contributed by atoms with Crippen molar-refractivity contribution in [2.45, 2.75) is 20.0 Å². The zero-order valence-corrected chi connectivity index (χ0v) is 9.49. The Morgan fingerprint density at radius 3 is 2.87 bits per heavy atom. The number of esters is 1. The first kappa shape index (κ1) is 11.8. The molecule has 0 amide bonds. The Hall–Kier alpha value is -1.28. The van der Waals surface area contributed by atoms with Gasteiger partial charge in [-0.15, -0.1) is 0 Å². The molecule has 0 aliphatic rings. The first-order valence-electron chi connectivity index (χ1n) is 4.69. The molecule has 0 N–H and O–H groups in total. The van der Waals surface area contributed by atoms with Crippen molar-refractivity contribution in [1.82, 2.24) is 0 Å². The van der Waals surface area contributed by atoms with Gasteiger partial charge >= 0.3 is 5.97 Å². The van der Waals surface area contributed by atoms with Crippen LogP contribution in [-0.2, 0) is 9.53 Å². The van der Waals surface area contributed by atoms with Gasteiger partial charge in [0.25, 0.3) is 0 Å². The summed E-state index contributed by atoms with van der Waals surface area (Å²) in [6.07, 6.45) is 3.47. The van der Waals surface area contributed by atoms with E-state index in [4.69, 9.17) is 16.3 Å². The average Bonchev–Trinajstić information content (AvgIpc) is 2.14. The summed E-state index contributed by atoms with van der Waals surface area (Å²) in [4.78, 5) is 10.6. The maximum absolute atomic E-state index is 10.6. The highest BCUT2D eigenvalue weighted by molar-refractivity contribution is 6.30. The Bertz CT molecular complexity index is 372. The lowest BCUT2D eigenvalue weighted by molar-refractivity contribution is -0.143. The van der Waals surface area contributed by atoms with Gasteiger partial charge in [-0.3, -0.25) is 4.79 Å². The Balaban J connectivity index is 2.61. The van der Waals surface area contributed by atoms with Crippen LogP contribution in [0.2, 0.25) is 5.02 Å². The van der Waals surface area contributed by atoms with E-state index in [2.05, 4.69) is 0 Å². The highest BCUT2D eigenvalue weighted by Gasteiger charge is 1.99. The predicted octanol–water partition coefficient (Wildman–Crippen LogP) is 3.30. The smallest absolute Gasteiger partial charge is 0.303 e. The van der Waals surface area contributed by atoms with Crippen LogP contribution in [-0.4, -0.2) is 12.1 Å². The third-order valence-electron chi connectivity index (χ3n) is 1.76. The van der Waals surface area contributed by atoms with Crippen LogP contribution in [0.3, 0.4) is 0 Å². The van der Waals surface area contributed by atoms with Crippen molar-refractivity contribution in [2.75, 3.05) is 0 Å². The lowest BCUT2D eigenvalue weighted by Gasteiger charge is -2.05. The number of carbonyl (C=O) groups excluding carboxylic acids is 1. The Kier molecular flexibility index (Phi) is 4.37. The van der Waals surface area contributed by atoms with Gasteiger partial charge in [-0.05, 0) is 30.7 Å². The summed E-state index contributed by atoms with van der Waals surface area (Å²) < 4.78 is 4.94. The number of rotatable bonds is 3. The van der Waals surface area contributed by atoms with Crippen LogP contribution in [0, 0.1) is 0 Å². The third kappa shape index (κ3) is 4.66. The van der Waals surface area contributed by atoms with E-state index in [1.165, 1.54) is 6.92 Å². The van der Waals surface area contributed by atoms with Crippen LogP contribution in [0.1, 0.15) is 19.4 Å². The van der Waals surface area contributed by atoms with Crippen molar-refractivity contribution < 1.29 is 9.53 Å². The molecule has 3 heteroatoms. The second kappa shape index (κ2) is 5.56. The molecule has 1 unspecified atom stereocenters. The van der Waals surface area contributed by atoms with Crippen molar-refractivity contribution in [3.05, 3.63) is 40.9 Å². The molecule has 0 saturated heterocycles. The van der Waals surface area contributed by atoms with Gasteiger partial charge in [-0.25, -0.2) is 0 Å². The molecule has 1 rings (SSSR count). The minimum Gasteiger partial charge on any atom is -0.459 e. The molecule has 0 heterocycles. The van der Waals surface area contributed by atoms with Gasteiger partial charge in [0.2, 0.25) is 0 Å². The summed E-state index contributed by atoms with van der Waals surface area (Å²) in [7, 11) is 0. The highest BCUT2D eigenvalue weighted by atomic mass is 35.5. The molecule has 0 fully saturated rings. The standard InChI is InChI=1S/C12H13ClO2/c1-9(15-10(2)14)6-7-11-4-3-5-12(13)8-11/h3-9H,1-2H3/b7-6+. The lowest BCUT2D eigenvalue weighted by Crippen LogP contribution is -2.08. The molecule has 0 aliphatic heterocycles. The van der Waals surface area contributed by atoms with Crippen molar-refractivity contribution >= 4 is 23.6 Å². The van der Waals surface area contributed by atoms with Crippen molar-refractivity contribution in [3.63, 3.8) is 0 Å². The quantitative estimate of drug-likeness (QED) is 0.737. The molecule has 0 spiro atoms. The average molecular weight is 225 g/mol. The van der Waals surface area contributed by atoms with Gasteiger partial charge in [0.15, 0.2) is 0 Å². The van der Waals surface area contributed by atoms with Gasteiger partial charge in [0, 0.05) is 11.9 Å². The molecule has 0 aliphatic carbocycles. The minimum absolute atomic E-state index is 0.221. The third-order valence-corrected chi connectivity index (χ3v) is 2.00. The molecule has 0 saturated carbocycles. The maximum atomic E-state index is 10.6. The van der Waals surface area contributed by atoms with Crippen molar-refractivity contribution in [2.24, 2.45) is 0 Å². The van der Waals surface area contributed by atoms with Gasteiger partial charge < -0.3 is 4.74 Å². The van der Waals surface area contributed by atoms with E-state index < -0.39 is 0 Å². The predicted molar refractivity (Wildman–Crippen MR) is 61.7 cm³/mol. The topological polar surface area (TPSA) is 26.3 Å². The molecular weight excluding hydrogens is 212 g/mol. The molecule has 0 aromatic heterocycles. The molecule has 0 bridgehead atoms. The number of hydrogen-bond acceptors (Lipinski definition) is 2. The van der Waals surface area contributed by atoms with E-state index in [-0.39, 0.29) is 12.1 Å². The summed E-state index contributed by atoms with van der Waals surface area (Å²) in [6, 6.07) is 7.47. The monoisotopic (exact) mass is 224 g/mol. The van der Waals surface area contributed by atoms with Gasteiger partial charge in [0.1, 0.15) is 6.10 Å². The molecule has 80 valence electrons. The van der Waals surface area contributed by atoms with Crippen LogP contribution < -0.4 is 0 Å². The zero-order chi connectivity index (χ0) is 11.3.